The minimum atomic E-state index is 0.886. The molecular weight excluding hydrogens is 615 g/mol. The molecule has 0 unspecified atom stereocenters. The largest absolute Gasteiger partial charge is 0.456 e. The van der Waals surface area contributed by atoms with Crippen molar-refractivity contribution in [3.63, 3.8) is 0 Å². The SMILES string of the molecule is c1cc(-c2cccc3ccccc23)cc(N(c2ccc3oc4ccccc4c3c2)c2ccccc2-c2cccc3sc4ccccc4c23)c1. The number of fused-ring (bicyclic) bond motifs is 7. The highest BCUT2D eigenvalue weighted by atomic mass is 32.1. The number of thiophene rings is 1. The van der Waals surface area contributed by atoms with Crippen LogP contribution in [0.5, 0.6) is 0 Å². The second-order valence-electron chi connectivity index (χ2n) is 12.5. The summed E-state index contributed by atoms with van der Waals surface area (Å²) in [6, 6.07) is 63.3. The normalized spacial score (nSPS) is 11.7. The van der Waals surface area contributed by atoms with Crippen molar-refractivity contribution < 1.29 is 4.42 Å². The Balaban J connectivity index is 1.24. The third-order valence-electron chi connectivity index (χ3n) is 9.66. The predicted octanol–water partition coefficient (Wildman–Crippen LogP) is 13.9. The highest BCUT2D eigenvalue weighted by Crippen LogP contribution is 2.47. The Morgan fingerprint density at radius 3 is 2.02 bits per heavy atom. The molecule has 0 fully saturated rings. The summed E-state index contributed by atoms with van der Waals surface area (Å²) in [6.45, 7) is 0. The summed E-state index contributed by atoms with van der Waals surface area (Å²) in [4.78, 5) is 2.42. The molecule has 2 aromatic heterocycles. The van der Waals surface area contributed by atoms with Crippen LogP contribution in [-0.4, -0.2) is 0 Å². The van der Waals surface area contributed by atoms with Gasteiger partial charge in [-0.25, -0.2) is 0 Å². The maximum atomic E-state index is 6.27. The van der Waals surface area contributed by atoms with Crippen molar-refractivity contribution in [3.05, 3.63) is 176 Å². The number of nitrogens with zero attached hydrogens (tertiary/aromatic N) is 1. The summed E-state index contributed by atoms with van der Waals surface area (Å²) in [6.07, 6.45) is 0. The van der Waals surface area contributed by atoms with Crippen molar-refractivity contribution in [1.29, 1.82) is 0 Å². The van der Waals surface area contributed by atoms with Gasteiger partial charge in [-0.15, -0.1) is 11.3 Å². The molecule has 3 heteroatoms. The summed E-state index contributed by atoms with van der Waals surface area (Å²) in [5, 5.41) is 7.30. The molecule has 0 amide bonds. The number of hydrogen-bond acceptors (Lipinski definition) is 3. The maximum Gasteiger partial charge on any atom is 0.135 e. The zero-order chi connectivity index (χ0) is 32.3. The minimum Gasteiger partial charge on any atom is -0.456 e. The lowest BCUT2D eigenvalue weighted by molar-refractivity contribution is 0.669. The highest BCUT2D eigenvalue weighted by Gasteiger charge is 2.21. The quantitative estimate of drug-likeness (QED) is 0.186. The van der Waals surface area contributed by atoms with Gasteiger partial charge in [-0.2, -0.15) is 0 Å². The van der Waals surface area contributed by atoms with Crippen LogP contribution < -0.4 is 4.90 Å². The van der Waals surface area contributed by atoms with Gasteiger partial charge in [0.25, 0.3) is 0 Å². The molecule has 0 saturated carbocycles. The number of anilines is 3. The standard InChI is InChI=1S/C46H29NOS/c1-2-16-34-30(12-1)13-10-20-35(34)31-14-9-15-32(28-31)47(33-26-27-43-40(29-33)37-18-4-7-23-42(37)48-43)41-22-6-3-17-36(41)38-21-11-25-45-46(38)39-19-5-8-24-44(39)49-45/h1-29H. The molecule has 0 saturated heterocycles. The summed E-state index contributed by atoms with van der Waals surface area (Å²) in [7, 11) is 0. The molecule has 0 bridgehead atoms. The monoisotopic (exact) mass is 643 g/mol. The average Bonchev–Trinajstić information content (AvgIpc) is 3.73. The number of rotatable bonds is 5. The Morgan fingerprint density at radius 2 is 1.06 bits per heavy atom. The van der Waals surface area contributed by atoms with Crippen molar-refractivity contribution in [1.82, 2.24) is 0 Å². The van der Waals surface area contributed by atoms with E-state index < -0.39 is 0 Å². The first-order valence-electron chi connectivity index (χ1n) is 16.6. The molecule has 0 atom stereocenters. The van der Waals surface area contributed by atoms with E-state index in [4.69, 9.17) is 4.42 Å². The Hall–Kier alpha value is -6.16. The van der Waals surface area contributed by atoms with Gasteiger partial charge in [0.15, 0.2) is 0 Å². The van der Waals surface area contributed by atoms with Gasteiger partial charge in [0.2, 0.25) is 0 Å². The number of para-hydroxylation sites is 2. The first-order valence-corrected chi connectivity index (χ1v) is 17.4. The van der Waals surface area contributed by atoms with Gasteiger partial charge in [0, 0.05) is 47.9 Å². The fraction of sp³-hybridized carbons (Fsp3) is 0. The summed E-state index contributed by atoms with van der Waals surface area (Å²) >= 11 is 1.86. The van der Waals surface area contributed by atoms with Crippen molar-refractivity contribution >= 4 is 81.3 Å². The zero-order valence-electron chi connectivity index (χ0n) is 26.5. The van der Waals surface area contributed by atoms with Crippen molar-refractivity contribution in [2.45, 2.75) is 0 Å². The van der Waals surface area contributed by atoms with Crippen LogP contribution in [0.3, 0.4) is 0 Å². The molecule has 0 radical (unpaired) electrons. The Bertz CT molecular complexity index is 2850. The molecule has 0 spiro atoms. The van der Waals surface area contributed by atoms with E-state index in [1.165, 1.54) is 53.2 Å². The minimum absolute atomic E-state index is 0.886. The van der Waals surface area contributed by atoms with E-state index in [0.717, 1.165) is 39.0 Å². The Morgan fingerprint density at radius 1 is 0.408 bits per heavy atom. The molecule has 0 aliphatic rings. The predicted molar refractivity (Wildman–Crippen MR) is 210 cm³/mol. The molecule has 10 rings (SSSR count). The maximum absolute atomic E-state index is 6.27. The zero-order valence-corrected chi connectivity index (χ0v) is 27.3. The van der Waals surface area contributed by atoms with E-state index in [1.54, 1.807) is 0 Å². The lowest BCUT2D eigenvalue weighted by Crippen LogP contribution is -2.11. The van der Waals surface area contributed by atoms with Gasteiger partial charge in [-0.05, 0) is 82.1 Å². The van der Waals surface area contributed by atoms with Crippen LogP contribution in [0, 0.1) is 0 Å². The molecule has 2 heterocycles. The molecule has 0 aliphatic heterocycles. The van der Waals surface area contributed by atoms with Gasteiger partial charge in [-0.3, -0.25) is 0 Å². The van der Waals surface area contributed by atoms with Crippen LogP contribution in [0.25, 0.3) is 75.1 Å². The first-order chi connectivity index (χ1) is 24.3. The highest BCUT2D eigenvalue weighted by molar-refractivity contribution is 7.25. The number of benzene rings is 8. The van der Waals surface area contributed by atoms with Gasteiger partial charge in [-0.1, -0.05) is 121 Å². The summed E-state index contributed by atoms with van der Waals surface area (Å²) in [5.74, 6) is 0. The van der Waals surface area contributed by atoms with Crippen LogP contribution in [0.1, 0.15) is 0 Å². The average molecular weight is 644 g/mol. The van der Waals surface area contributed by atoms with E-state index in [0.29, 0.717) is 0 Å². The van der Waals surface area contributed by atoms with E-state index in [1.807, 2.05) is 23.5 Å². The summed E-state index contributed by atoms with van der Waals surface area (Å²) in [5.41, 5.74) is 9.88. The molecule has 49 heavy (non-hydrogen) atoms. The van der Waals surface area contributed by atoms with Crippen molar-refractivity contribution in [2.75, 3.05) is 4.90 Å². The third-order valence-corrected chi connectivity index (χ3v) is 10.8. The van der Waals surface area contributed by atoms with E-state index in [2.05, 4.69) is 169 Å². The third kappa shape index (κ3) is 4.55. The van der Waals surface area contributed by atoms with E-state index >= 15 is 0 Å². The van der Waals surface area contributed by atoms with Gasteiger partial charge in [0.05, 0.1) is 5.69 Å². The van der Waals surface area contributed by atoms with Crippen molar-refractivity contribution in [2.24, 2.45) is 0 Å². The van der Waals surface area contributed by atoms with Crippen LogP contribution in [0.2, 0.25) is 0 Å². The van der Waals surface area contributed by atoms with Crippen LogP contribution in [0.4, 0.5) is 17.1 Å². The molecule has 0 aliphatic carbocycles. The molecule has 230 valence electrons. The molecule has 2 nitrogen and oxygen atoms in total. The first kappa shape index (κ1) is 27.9. The van der Waals surface area contributed by atoms with E-state index in [9.17, 15) is 0 Å². The fourth-order valence-corrected chi connectivity index (χ4v) is 8.60. The lowest BCUT2D eigenvalue weighted by atomic mass is 9.96. The second-order valence-corrected chi connectivity index (χ2v) is 13.6. The second kappa shape index (κ2) is 11.2. The summed E-state index contributed by atoms with van der Waals surface area (Å²) < 4.78 is 8.87. The molecule has 0 N–H and O–H groups in total. The molecule has 10 aromatic rings. The Kier molecular flexibility index (Phi) is 6.39. The fourth-order valence-electron chi connectivity index (χ4n) is 7.47. The number of hydrogen-bond donors (Lipinski definition) is 0. The van der Waals surface area contributed by atoms with Crippen LogP contribution >= 0.6 is 11.3 Å². The number of furan rings is 1. The van der Waals surface area contributed by atoms with E-state index in [-0.39, 0.29) is 0 Å². The lowest BCUT2D eigenvalue weighted by Gasteiger charge is -2.28. The molecular formula is C46H29NOS. The molecule has 8 aromatic carbocycles. The topological polar surface area (TPSA) is 16.4 Å². The van der Waals surface area contributed by atoms with Crippen LogP contribution in [0.15, 0.2) is 180 Å². The Labute approximate surface area is 287 Å². The van der Waals surface area contributed by atoms with Crippen LogP contribution in [-0.2, 0) is 0 Å². The van der Waals surface area contributed by atoms with Gasteiger partial charge >= 0.3 is 0 Å². The van der Waals surface area contributed by atoms with Gasteiger partial charge < -0.3 is 9.32 Å². The van der Waals surface area contributed by atoms with Gasteiger partial charge in [0.1, 0.15) is 11.2 Å². The van der Waals surface area contributed by atoms with Crippen molar-refractivity contribution in [3.8, 4) is 22.3 Å². The smallest absolute Gasteiger partial charge is 0.135 e.